The molecule has 9 heteroatoms. The SMILES string of the molecule is Cc1cc(C2CN(c3cc4nc(C)cnc4c(C4CC5(C(F)(F)F)CC4C5)n3)CCO2)ccn1. The van der Waals surface area contributed by atoms with Crippen molar-refractivity contribution >= 4 is 16.9 Å². The maximum atomic E-state index is 13.8. The van der Waals surface area contributed by atoms with Gasteiger partial charge in [-0.1, -0.05) is 0 Å². The first-order chi connectivity index (χ1) is 16.2. The number of pyridine rings is 2. The van der Waals surface area contributed by atoms with Crippen LogP contribution in [0.15, 0.2) is 30.6 Å². The maximum absolute atomic E-state index is 13.8. The van der Waals surface area contributed by atoms with Gasteiger partial charge < -0.3 is 9.64 Å². The van der Waals surface area contributed by atoms with E-state index in [4.69, 9.17) is 9.72 Å². The van der Waals surface area contributed by atoms with Gasteiger partial charge in [0.1, 0.15) is 17.4 Å². The van der Waals surface area contributed by atoms with Crippen LogP contribution in [0.3, 0.4) is 0 Å². The molecule has 3 aromatic heterocycles. The molecule has 1 aliphatic heterocycles. The average molecular weight is 470 g/mol. The van der Waals surface area contributed by atoms with Crippen molar-refractivity contribution in [1.82, 2.24) is 19.9 Å². The van der Waals surface area contributed by atoms with Crippen molar-refractivity contribution in [2.24, 2.45) is 11.3 Å². The minimum absolute atomic E-state index is 0.00657. The molecule has 4 aliphatic rings. The summed E-state index contributed by atoms with van der Waals surface area (Å²) < 4.78 is 47.3. The maximum Gasteiger partial charge on any atom is 0.394 e. The van der Waals surface area contributed by atoms with E-state index in [1.165, 1.54) is 0 Å². The summed E-state index contributed by atoms with van der Waals surface area (Å²) >= 11 is 0. The van der Waals surface area contributed by atoms with E-state index in [2.05, 4.69) is 19.9 Å². The molecule has 1 saturated heterocycles. The molecule has 0 spiro atoms. The van der Waals surface area contributed by atoms with Crippen molar-refractivity contribution in [2.45, 2.75) is 51.3 Å². The fourth-order valence-electron chi connectivity index (χ4n) is 6.02. The number of aryl methyl sites for hydroxylation is 2. The molecule has 4 heterocycles. The molecule has 2 atom stereocenters. The van der Waals surface area contributed by atoms with E-state index in [-0.39, 0.29) is 37.2 Å². The molecular formula is C25H26F3N5O. The summed E-state index contributed by atoms with van der Waals surface area (Å²) in [5.74, 6) is 0.473. The summed E-state index contributed by atoms with van der Waals surface area (Å²) in [6, 6.07) is 5.89. The second kappa shape index (κ2) is 7.60. The Morgan fingerprint density at radius 1 is 1.06 bits per heavy atom. The van der Waals surface area contributed by atoms with Crippen LogP contribution in [0.5, 0.6) is 0 Å². The van der Waals surface area contributed by atoms with E-state index in [9.17, 15) is 13.2 Å². The molecule has 0 N–H and O–H groups in total. The topological polar surface area (TPSA) is 64.0 Å². The first kappa shape index (κ1) is 21.7. The molecule has 0 aromatic carbocycles. The van der Waals surface area contributed by atoms with E-state index < -0.39 is 11.6 Å². The number of alkyl halides is 3. The Bertz CT molecular complexity index is 1260. The van der Waals surface area contributed by atoms with Crippen molar-refractivity contribution in [3.05, 3.63) is 53.2 Å². The third-order valence-corrected chi connectivity index (χ3v) is 7.78. The molecule has 0 radical (unpaired) electrons. The van der Waals surface area contributed by atoms with Crippen molar-refractivity contribution in [1.29, 1.82) is 0 Å². The molecule has 2 unspecified atom stereocenters. The van der Waals surface area contributed by atoms with Crippen LogP contribution in [-0.4, -0.2) is 45.8 Å². The molecule has 0 amide bonds. The highest BCUT2D eigenvalue weighted by Gasteiger charge is 2.69. The van der Waals surface area contributed by atoms with E-state index in [1.807, 2.05) is 32.0 Å². The number of aromatic nitrogens is 4. The molecule has 2 bridgehead atoms. The summed E-state index contributed by atoms with van der Waals surface area (Å²) in [7, 11) is 0. The number of morpholine rings is 1. The predicted molar refractivity (Wildman–Crippen MR) is 121 cm³/mol. The minimum atomic E-state index is -4.17. The monoisotopic (exact) mass is 469 g/mol. The highest BCUT2D eigenvalue weighted by atomic mass is 19.4. The van der Waals surface area contributed by atoms with Gasteiger partial charge in [-0.2, -0.15) is 13.2 Å². The highest BCUT2D eigenvalue weighted by molar-refractivity contribution is 5.80. The summed E-state index contributed by atoms with van der Waals surface area (Å²) in [5, 5.41) is 0. The summed E-state index contributed by atoms with van der Waals surface area (Å²) in [4.78, 5) is 20.6. The third kappa shape index (κ3) is 3.43. The van der Waals surface area contributed by atoms with Gasteiger partial charge >= 0.3 is 6.18 Å². The number of halogens is 3. The molecule has 4 fully saturated rings. The van der Waals surface area contributed by atoms with Crippen molar-refractivity contribution in [2.75, 3.05) is 24.6 Å². The van der Waals surface area contributed by atoms with E-state index in [0.717, 1.165) is 22.8 Å². The van der Waals surface area contributed by atoms with Crippen LogP contribution in [0, 0.1) is 25.2 Å². The lowest BCUT2D eigenvalue weighted by Crippen LogP contribution is -2.42. The Balaban J connectivity index is 1.37. The molecule has 7 rings (SSSR count). The highest BCUT2D eigenvalue weighted by Crippen LogP contribution is 2.70. The Hall–Kier alpha value is -2.81. The van der Waals surface area contributed by atoms with Gasteiger partial charge in [-0.25, -0.2) is 9.97 Å². The minimum Gasteiger partial charge on any atom is -0.370 e. The Morgan fingerprint density at radius 2 is 1.88 bits per heavy atom. The van der Waals surface area contributed by atoms with E-state index >= 15 is 0 Å². The Morgan fingerprint density at radius 3 is 2.62 bits per heavy atom. The van der Waals surface area contributed by atoms with Gasteiger partial charge in [0.05, 0.1) is 28.9 Å². The van der Waals surface area contributed by atoms with Gasteiger partial charge in [-0.05, 0) is 56.7 Å². The van der Waals surface area contributed by atoms with Gasteiger partial charge in [-0.3, -0.25) is 9.97 Å². The van der Waals surface area contributed by atoms with Crippen LogP contribution < -0.4 is 4.90 Å². The Kier molecular flexibility index (Phi) is 4.85. The van der Waals surface area contributed by atoms with Gasteiger partial charge in [0, 0.05) is 43.2 Å². The fraction of sp³-hybridized carbons (Fsp3) is 0.520. The van der Waals surface area contributed by atoms with E-state index in [1.54, 1.807) is 12.4 Å². The number of fused-ring (bicyclic) bond motifs is 2. The zero-order chi connectivity index (χ0) is 23.7. The lowest BCUT2D eigenvalue weighted by Gasteiger charge is -2.39. The number of hydrogen-bond acceptors (Lipinski definition) is 6. The van der Waals surface area contributed by atoms with E-state index in [0.29, 0.717) is 36.4 Å². The quantitative estimate of drug-likeness (QED) is 0.534. The van der Waals surface area contributed by atoms with Crippen molar-refractivity contribution in [3.8, 4) is 0 Å². The lowest BCUT2D eigenvalue weighted by atomic mass is 9.68. The Labute approximate surface area is 195 Å². The van der Waals surface area contributed by atoms with Gasteiger partial charge in [0.2, 0.25) is 0 Å². The number of hydrogen-bond donors (Lipinski definition) is 0. The molecule has 178 valence electrons. The van der Waals surface area contributed by atoms with Crippen LogP contribution in [-0.2, 0) is 4.74 Å². The van der Waals surface area contributed by atoms with Crippen LogP contribution in [0.2, 0.25) is 0 Å². The molecular weight excluding hydrogens is 443 g/mol. The summed E-state index contributed by atoms with van der Waals surface area (Å²) in [6.45, 7) is 5.60. The van der Waals surface area contributed by atoms with Gasteiger partial charge in [0.15, 0.2) is 0 Å². The zero-order valence-electron chi connectivity index (χ0n) is 19.1. The predicted octanol–water partition coefficient (Wildman–Crippen LogP) is 5.06. The van der Waals surface area contributed by atoms with Gasteiger partial charge in [0.25, 0.3) is 0 Å². The number of rotatable bonds is 3. The van der Waals surface area contributed by atoms with Crippen LogP contribution in [0.1, 0.15) is 53.9 Å². The first-order valence-corrected chi connectivity index (χ1v) is 11.7. The lowest BCUT2D eigenvalue weighted by molar-refractivity contribution is -0.244. The average Bonchev–Trinajstić information content (AvgIpc) is 3.36. The normalized spacial score (nSPS) is 28.9. The number of ether oxygens (including phenoxy) is 1. The van der Waals surface area contributed by atoms with Gasteiger partial charge in [-0.15, -0.1) is 0 Å². The molecule has 3 aliphatic carbocycles. The van der Waals surface area contributed by atoms with Crippen molar-refractivity contribution < 1.29 is 17.9 Å². The van der Waals surface area contributed by atoms with Crippen LogP contribution in [0.25, 0.3) is 11.0 Å². The summed E-state index contributed by atoms with van der Waals surface area (Å²) in [5.41, 5.74) is 3.16. The molecule has 3 saturated carbocycles. The van der Waals surface area contributed by atoms with Crippen LogP contribution >= 0.6 is 0 Å². The second-order valence-electron chi connectivity index (χ2n) is 10.0. The zero-order valence-corrected chi connectivity index (χ0v) is 19.1. The number of anilines is 1. The fourth-order valence-corrected chi connectivity index (χ4v) is 6.02. The molecule has 3 aromatic rings. The van der Waals surface area contributed by atoms with Crippen LogP contribution in [0.4, 0.5) is 19.0 Å². The van der Waals surface area contributed by atoms with Crippen molar-refractivity contribution in [3.63, 3.8) is 0 Å². The summed E-state index contributed by atoms with van der Waals surface area (Å²) in [6.07, 6.45) is -0.391. The third-order valence-electron chi connectivity index (χ3n) is 7.78. The largest absolute Gasteiger partial charge is 0.394 e. The molecule has 6 nitrogen and oxygen atoms in total. The first-order valence-electron chi connectivity index (χ1n) is 11.7. The number of nitrogens with zero attached hydrogens (tertiary/aromatic N) is 5. The second-order valence-corrected chi connectivity index (χ2v) is 10.0. The smallest absolute Gasteiger partial charge is 0.370 e. The standard InChI is InChI=1S/C25H26F3N5O/c1-14-7-16(3-4-29-14)20-13-33(5-6-34-20)21-8-19-23(30-12-15(2)31-19)22(32-21)18-11-24(25(26,27)28)9-17(18)10-24/h3-4,7-8,12,17-18,20H,5-6,9-11,13H2,1-2H3. The molecule has 34 heavy (non-hydrogen) atoms.